The summed E-state index contributed by atoms with van der Waals surface area (Å²) in [6, 6.07) is 3.39. The van der Waals surface area contributed by atoms with Crippen LogP contribution in [-0.4, -0.2) is 45.0 Å². The van der Waals surface area contributed by atoms with Crippen LogP contribution >= 0.6 is 0 Å². The van der Waals surface area contributed by atoms with Gasteiger partial charge in [0, 0.05) is 29.4 Å². The fourth-order valence-electron chi connectivity index (χ4n) is 1.29. The number of urea groups is 1. The highest BCUT2D eigenvalue weighted by Gasteiger charge is 2.14. The van der Waals surface area contributed by atoms with Crippen LogP contribution in [0.25, 0.3) is 0 Å². The van der Waals surface area contributed by atoms with E-state index in [9.17, 15) is 18.9 Å². The topological polar surface area (TPSA) is 116 Å². The number of carbonyl (C=O) groups excluding carboxylic acids is 1. The van der Waals surface area contributed by atoms with Gasteiger partial charge in [-0.25, -0.2) is 9.59 Å². The van der Waals surface area contributed by atoms with E-state index in [0.29, 0.717) is 5.75 Å². The van der Waals surface area contributed by atoms with E-state index in [1.807, 2.05) is 0 Å². The maximum absolute atomic E-state index is 11.4. The third kappa shape index (κ3) is 4.59. The number of carbonyl (C=O) groups is 2. The van der Waals surface area contributed by atoms with E-state index in [2.05, 4.69) is 10.6 Å². The van der Waals surface area contributed by atoms with Gasteiger partial charge in [-0.3, -0.25) is 4.21 Å². The Morgan fingerprint density at radius 3 is 2.63 bits per heavy atom. The third-order valence-corrected chi connectivity index (χ3v) is 2.97. The normalized spacial score (nSPS) is 11.6. The molecule has 0 fully saturated rings. The number of carboxylic acid groups (broad SMARTS) is 1. The molecule has 0 saturated carbocycles. The number of rotatable bonds is 5. The largest absolute Gasteiger partial charge is 0.505 e. The molecular weight excluding hydrogens is 272 g/mol. The van der Waals surface area contributed by atoms with Gasteiger partial charge >= 0.3 is 12.0 Å². The van der Waals surface area contributed by atoms with Crippen LogP contribution in [0.2, 0.25) is 0 Å². The lowest BCUT2D eigenvalue weighted by molar-refractivity contribution is 0.0693. The lowest BCUT2D eigenvalue weighted by atomic mass is 10.2. The summed E-state index contributed by atoms with van der Waals surface area (Å²) in [6.45, 7) is 0.217. The average Bonchev–Trinajstić information content (AvgIpc) is 2.31. The number of benzene rings is 1. The Hall–Kier alpha value is -2.09. The Kier molecular flexibility index (Phi) is 5.31. The van der Waals surface area contributed by atoms with Gasteiger partial charge < -0.3 is 20.8 Å². The van der Waals surface area contributed by atoms with Crippen LogP contribution in [-0.2, 0) is 10.8 Å². The summed E-state index contributed by atoms with van der Waals surface area (Å²) in [5, 5.41) is 23.2. The first-order valence-corrected chi connectivity index (χ1v) is 7.04. The zero-order chi connectivity index (χ0) is 14.4. The Labute approximate surface area is 112 Å². The standard InChI is InChI=1S/C11H14N2O5S/c1-19(18)6-5-12-11(17)13-8-4-2-3-7(9(8)14)10(15)16/h2-4,14H,5-6H2,1H3,(H,15,16)(H2,12,13,17). The number of amides is 2. The molecule has 104 valence electrons. The zero-order valence-electron chi connectivity index (χ0n) is 10.2. The Morgan fingerprint density at radius 2 is 2.05 bits per heavy atom. The molecule has 0 saturated heterocycles. The van der Waals surface area contributed by atoms with E-state index >= 15 is 0 Å². The number of anilines is 1. The average molecular weight is 286 g/mol. The van der Waals surface area contributed by atoms with Gasteiger partial charge in [0.25, 0.3) is 0 Å². The predicted molar refractivity (Wildman–Crippen MR) is 71.0 cm³/mol. The van der Waals surface area contributed by atoms with Gasteiger partial charge in [0.2, 0.25) is 0 Å². The highest BCUT2D eigenvalue weighted by molar-refractivity contribution is 7.84. The lowest BCUT2D eigenvalue weighted by Crippen LogP contribution is -2.31. The van der Waals surface area contributed by atoms with Crippen LogP contribution in [0.4, 0.5) is 10.5 Å². The Bertz CT molecular complexity index is 518. The first-order valence-electron chi connectivity index (χ1n) is 5.32. The summed E-state index contributed by atoms with van der Waals surface area (Å²) >= 11 is 0. The molecule has 0 aromatic heterocycles. The first-order chi connectivity index (χ1) is 8.91. The summed E-state index contributed by atoms with van der Waals surface area (Å²) in [4.78, 5) is 22.2. The third-order valence-electron chi connectivity index (χ3n) is 2.19. The van der Waals surface area contributed by atoms with Crippen molar-refractivity contribution < 1.29 is 24.0 Å². The number of para-hydroxylation sites is 1. The number of aromatic hydroxyl groups is 1. The quantitative estimate of drug-likeness (QED) is 0.591. The number of carboxylic acids is 1. The fraction of sp³-hybridized carbons (Fsp3) is 0.273. The number of hydrogen-bond acceptors (Lipinski definition) is 4. The van der Waals surface area contributed by atoms with E-state index in [1.54, 1.807) is 0 Å². The van der Waals surface area contributed by atoms with E-state index in [0.717, 1.165) is 0 Å². The minimum atomic E-state index is -1.29. The highest BCUT2D eigenvalue weighted by atomic mass is 32.2. The molecule has 0 radical (unpaired) electrons. The molecule has 1 rings (SSSR count). The number of nitrogens with one attached hydrogen (secondary N) is 2. The molecule has 0 heterocycles. The van der Waals surface area contributed by atoms with Crippen LogP contribution in [0, 0.1) is 0 Å². The van der Waals surface area contributed by atoms with Crippen molar-refractivity contribution in [2.75, 3.05) is 23.9 Å². The second kappa shape index (κ2) is 6.74. The van der Waals surface area contributed by atoms with Gasteiger partial charge in [-0.2, -0.15) is 0 Å². The van der Waals surface area contributed by atoms with Crippen molar-refractivity contribution in [2.24, 2.45) is 0 Å². The summed E-state index contributed by atoms with van der Waals surface area (Å²) in [5.41, 5.74) is -0.303. The summed E-state index contributed by atoms with van der Waals surface area (Å²) in [5.74, 6) is -1.48. The van der Waals surface area contributed by atoms with Crippen molar-refractivity contribution >= 4 is 28.5 Å². The molecule has 0 bridgehead atoms. The molecule has 7 nitrogen and oxygen atoms in total. The SMILES string of the molecule is CS(=O)CCNC(=O)Nc1cccc(C(=O)O)c1O. The van der Waals surface area contributed by atoms with E-state index in [-0.39, 0.29) is 17.8 Å². The van der Waals surface area contributed by atoms with Crippen LogP contribution in [0.1, 0.15) is 10.4 Å². The van der Waals surface area contributed by atoms with Crippen molar-refractivity contribution in [3.05, 3.63) is 23.8 Å². The van der Waals surface area contributed by atoms with Crippen molar-refractivity contribution in [1.82, 2.24) is 5.32 Å². The maximum atomic E-state index is 11.4. The highest BCUT2D eigenvalue weighted by Crippen LogP contribution is 2.27. The predicted octanol–water partition coefficient (Wildman–Crippen LogP) is 0.590. The fourth-order valence-corrected chi connectivity index (χ4v) is 1.68. The van der Waals surface area contributed by atoms with E-state index in [4.69, 9.17) is 5.11 Å². The maximum Gasteiger partial charge on any atom is 0.339 e. The molecule has 19 heavy (non-hydrogen) atoms. The molecule has 1 aromatic rings. The molecule has 0 aliphatic heterocycles. The van der Waals surface area contributed by atoms with Crippen molar-refractivity contribution in [2.45, 2.75) is 0 Å². The van der Waals surface area contributed by atoms with Crippen LogP contribution in [0.3, 0.4) is 0 Å². The van der Waals surface area contributed by atoms with E-state index < -0.39 is 28.5 Å². The molecule has 0 spiro atoms. The summed E-state index contributed by atoms with van der Waals surface area (Å²) in [6.07, 6.45) is 1.52. The molecule has 1 unspecified atom stereocenters. The van der Waals surface area contributed by atoms with Crippen molar-refractivity contribution in [3.8, 4) is 5.75 Å². The number of hydrogen-bond donors (Lipinski definition) is 4. The van der Waals surface area contributed by atoms with Gasteiger partial charge in [-0.15, -0.1) is 0 Å². The van der Waals surface area contributed by atoms with Gasteiger partial charge in [-0.05, 0) is 12.1 Å². The second-order valence-electron chi connectivity index (χ2n) is 3.67. The smallest absolute Gasteiger partial charge is 0.339 e. The molecule has 4 N–H and O–H groups in total. The van der Waals surface area contributed by atoms with Gasteiger partial charge in [0.1, 0.15) is 5.56 Å². The number of phenols is 1. The Morgan fingerprint density at radius 1 is 1.37 bits per heavy atom. The molecule has 8 heteroatoms. The minimum absolute atomic E-state index is 0.00461. The van der Waals surface area contributed by atoms with Crippen LogP contribution < -0.4 is 10.6 Å². The Balaban J connectivity index is 2.67. The molecule has 0 aliphatic carbocycles. The van der Waals surface area contributed by atoms with Gasteiger partial charge in [-0.1, -0.05) is 6.07 Å². The molecule has 0 aliphatic rings. The van der Waals surface area contributed by atoms with Crippen molar-refractivity contribution in [3.63, 3.8) is 0 Å². The van der Waals surface area contributed by atoms with E-state index in [1.165, 1.54) is 24.5 Å². The summed E-state index contributed by atoms with van der Waals surface area (Å²) < 4.78 is 10.8. The molecular formula is C11H14N2O5S. The molecule has 1 atom stereocenters. The van der Waals surface area contributed by atoms with Gasteiger partial charge in [0.05, 0.1) is 5.69 Å². The van der Waals surface area contributed by atoms with Gasteiger partial charge in [0.15, 0.2) is 5.75 Å². The molecule has 2 amide bonds. The summed E-state index contributed by atoms with van der Waals surface area (Å²) in [7, 11) is -1.01. The van der Waals surface area contributed by atoms with Crippen LogP contribution in [0.15, 0.2) is 18.2 Å². The lowest BCUT2D eigenvalue weighted by Gasteiger charge is -2.09. The monoisotopic (exact) mass is 286 g/mol. The zero-order valence-corrected chi connectivity index (χ0v) is 11.0. The molecule has 1 aromatic carbocycles. The first kappa shape index (κ1) is 15.0. The second-order valence-corrected chi connectivity index (χ2v) is 5.22. The number of aromatic carboxylic acids is 1. The van der Waals surface area contributed by atoms with Crippen molar-refractivity contribution in [1.29, 1.82) is 0 Å². The van der Waals surface area contributed by atoms with Crippen LogP contribution in [0.5, 0.6) is 5.75 Å². The minimum Gasteiger partial charge on any atom is -0.505 e.